The Balaban J connectivity index is 2.83. The Bertz CT molecular complexity index is 325. The van der Waals surface area contributed by atoms with Crippen LogP contribution in [-0.4, -0.2) is 34.4 Å². The third-order valence-corrected chi connectivity index (χ3v) is 2.40. The molecule has 14 heavy (non-hydrogen) atoms. The summed E-state index contributed by atoms with van der Waals surface area (Å²) in [6.07, 6.45) is 0. The molecule has 0 saturated carbocycles. The molecule has 0 aromatic rings. The van der Waals surface area contributed by atoms with E-state index >= 15 is 0 Å². The van der Waals surface area contributed by atoms with E-state index in [1.807, 2.05) is 0 Å². The van der Waals surface area contributed by atoms with E-state index < -0.39 is 0 Å². The monoisotopic (exact) mass is 229 g/mol. The van der Waals surface area contributed by atoms with Gasteiger partial charge in [-0.05, 0) is 0 Å². The van der Waals surface area contributed by atoms with Gasteiger partial charge in [0, 0.05) is 18.2 Å². The Hall–Kier alpha value is -1.01. The van der Waals surface area contributed by atoms with Gasteiger partial charge in [-0.1, -0.05) is 24.4 Å². The van der Waals surface area contributed by atoms with E-state index in [1.165, 1.54) is 12.4 Å². The molecule has 76 valence electrons. The summed E-state index contributed by atoms with van der Waals surface area (Å²) < 4.78 is 0. The Morgan fingerprint density at radius 3 is 2.71 bits per heavy atom. The molecule has 1 amide bonds. The van der Waals surface area contributed by atoms with Gasteiger partial charge in [-0.2, -0.15) is 0 Å². The van der Waals surface area contributed by atoms with Gasteiger partial charge in [0.2, 0.25) is 5.91 Å². The summed E-state index contributed by atoms with van der Waals surface area (Å²) in [5.41, 5.74) is 8.52. The molecule has 4 nitrogen and oxygen atoms in total. The van der Waals surface area contributed by atoms with Crippen molar-refractivity contribution in [1.29, 1.82) is 0 Å². The SMILES string of the molecule is CC(=O)N1CC(NC=S)=C(C(N)=S)C1. The highest BCUT2D eigenvalue weighted by Crippen LogP contribution is 2.15. The van der Waals surface area contributed by atoms with Crippen molar-refractivity contribution >= 4 is 40.8 Å². The summed E-state index contributed by atoms with van der Waals surface area (Å²) in [6, 6.07) is 0. The molecule has 0 radical (unpaired) electrons. The molecule has 0 atom stereocenters. The minimum atomic E-state index is -0.0000756. The number of carbonyl (C=O) groups excluding carboxylic acids is 1. The fourth-order valence-corrected chi connectivity index (χ4v) is 1.61. The molecule has 1 heterocycles. The second-order valence-corrected chi connectivity index (χ2v) is 3.63. The lowest BCUT2D eigenvalue weighted by atomic mass is 10.2. The third-order valence-electron chi connectivity index (χ3n) is 2.04. The smallest absolute Gasteiger partial charge is 0.220 e. The van der Waals surface area contributed by atoms with Crippen molar-refractivity contribution in [3.63, 3.8) is 0 Å². The zero-order valence-corrected chi connectivity index (χ0v) is 9.37. The lowest BCUT2D eigenvalue weighted by Gasteiger charge is -2.12. The maximum absolute atomic E-state index is 11.1. The summed E-state index contributed by atoms with van der Waals surface area (Å²) in [7, 11) is 0. The van der Waals surface area contributed by atoms with Crippen molar-refractivity contribution in [2.75, 3.05) is 13.1 Å². The highest BCUT2D eigenvalue weighted by molar-refractivity contribution is 7.80. The number of nitrogens with zero attached hydrogens (tertiary/aromatic N) is 1. The van der Waals surface area contributed by atoms with Crippen LogP contribution in [0.1, 0.15) is 6.92 Å². The summed E-state index contributed by atoms with van der Waals surface area (Å²) in [5, 5.41) is 2.87. The molecular formula is C8H11N3OS2. The number of amides is 1. The topological polar surface area (TPSA) is 58.4 Å². The van der Waals surface area contributed by atoms with Crippen LogP contribution in [0.2, 0.25) is 0 Å². The first-order chi connectivity index (χ1) is 6.56. The molecule has 0 fully saturated rings. The molecule has 3 N–H and O–H groups in total. The molecule has 1 rings (SSSR count). The Morgan fingerprint density at radius 2 is 2.29 bits per heavy atom. The molecule has 0 spiro atoms. The zero-order valence-electron chi connectivity index (χ0n) is 7.74. The second-order valence-electron chi connectivity index (χ2n) is 2.96. The minimum Gasteiger partial charge on any atom is -0.390 e. The Labute approximate surface area is 93.1 Å². The Kier molecular flexibility index (Phi) is 3.54. The van der Waals surface area contributed by atoms with Crippen LogP contribution in [-0.2, 0) is 4.79 Å². The standard InChI is InChI=1S/C8H11N3OS2/c1-5(12)11-2-6(8(9)14)7(3-11)10-4-13/h4H,2-3H2,1H3,(H2,9,14)(H,10,13). The third kappa shape index (κ3) is 2.27. The van der Waals surface area contributed by atoms with Crippen molar-refractivity contribution in [3.05, 3.63) is 11.3 Å². The fourth-order valence-electron chi connectivity index (χ4n) is 1.28. The molecule has 0 aliphatic carbocycles. The van der Waals surface area contributed by atoms with Gasteiger partial charge in [0.05, 0.1) is 18.6 Å². The van der Waals surface area contributed by atoms with Crippen LogP contribution in [0.15, 0.2) is 11.3 Å². The van der Waals surface area contributed by atoms with Crippen molar-refractivity contribution in [3.8, 4) is 0 Å². The first-order valence-corrected chi connectivity index (χ1v) is 4.91. The van der Waals surface area contributed by atoms with E-state index in [1.54, 1.807) is 4.90 Å². The van der Waals surface area contributed by atoms with E-state index in [0.29, 0.717) is 18.1 Å². The Morgan fingerprint density at radius 1 is 1.64 bits per heavy atom. The highest BCUT2D eigenvalue weighted by atomic mass is 32.1. The van der Waals surface area contributed by atoms with E-state index in [2.05, 4.69) is 17.5 Å². The maximum atomic E-state index is 11.1. The predicted molar refractivity (Wildman–Crippen MR) is 62.9 cm³/mol. The number of nitrogens with two attached hydrogens (primary N) is 1. The summed E-state index contributed by atoms with van der Waals surface area (Å²) in [6.45, 7) is 2.48. The lowest BCUT2D eigenvalue weighted by molar-refractivity contribution is -0.127. The lowest BCUT2D eigenvalue weighted by Crippen LogP contribution is -2.28. The van der Waals surface area contributed by atoms with Crippen LogP contribution in [0.25, 0.3) is 0 Å². The van der Waals surface area contributed by atoms with Gasteiger partial charge in [-0.25, -0.2) is 0 Å². The van der Waals surface area contributed by atoms with Crippen LogP contribution in [0.3, 0.4) is 0 Å². The van der Waals surface area contributed by atoms with Crippen molar-refractivity contribution in [1.82, 2.24) is 10.2 Å². The predicted octanol–water partition coefficient (Wildman–Crippen LogP) is -0.0645. The minimum absolute atomic E-state index is 0.0000756. The summed E-state index contributed by atoms with van der Waals surface area (Å²) in [5.74, 6) is -0.0000756. The molecule has 0 saturated heterocycles. The largest absolute Gasteiger partial charge is 0.390 e. The molecule has 0 bridgehead atoms. The first kappa shape index (κ1) is 11.1. The van der Waals surface area contributed by atoms with E-state index in [9.17, 15) is 4.79 Å². The first-order valence-electron chi connectivity index (χ1n) is 4.03. The highest BCUT2D eigenvalue weighted by Gasteiger charge is 2.24. The molecule has 0 aromatic carbocycles. The van der Waals surface area contributed by atoms with Crippen molar-refractivity contribution < 1.29 is 4.79 Å². The van der Waals surface area contributed by atoms with Crippen LogP contribution in [0.4, 0.5) is 0 Å². The number of thiocarbonyl (C=S) groups is 2. The van der Waals surface area contributed by atoms with Gasteiger partial charge in [-0.3, -0.25) is 4.79 Å². The average Bonchev–Trinajstić information content (AvgIpc) is 2.49. The van der Waals surface area contributed by atoms with Gasteiger partial charge in [-0.15, -0.1) is 0 Å². The number of carbonyl (C=O) groups is 1. The van der Waals surface area contributed by atoms with Crippen LogP contribution < -0.4 is 11.1 Å². The number of rotatable bonds is 3. The fraction of sp³-hybridized carbons (Fsp3) is 0.375. The zero-order chi connectivity index (χ0) is 10.7. The number of nitrogens with one attached hydrogen (secondary N) is 1. The maximum Gasteiger partial charge on any atom is 0.220 e. The van der Waals surface area contributed by atoms with Gasteiger partial charge in [0.1, 0.15) is 4.99 Å². The molecular weight excluding hydrogens is 218 g/mol. The van der Waals surface area contributed by atoms with Gasteiger partial charge in [0.25, 0.3) is 0 Å². The van der Waals surface area contributed by atoms with Crippen LogP contribution in [0, 0.1) is 0 Å². The second kappa shape index (κ2) is 4.47. The van der Waals surface area contributed by atoms with Crippen LogP contribution in [0.5, 0.6) is 0 Å². The van der Waals surface area contributed by atoms with E-state index in [-0.39, 0.29) is 5.91 Å². The molecule has 6 heteroatoms. The van der Waals surface area contributed by atoms with E-state index in [4.69, 9.17) is 18.0 Å². The normalized spacial score (nSPS) is 15.6. The molecule has 1 aliphatic rings. The quantitative estimate of drug-likeness (QED) is 0.664. The number of hydrogen-bond acceptors (Lipinski definition) is 3. The van der Waals surface area contributed by atoms with Crippen LogP contribution >= 0.6 is 24.4 Å². The van der Waals surface area contributed by atoms with E-state index in [0.717, 1.165) is 11.3 Å². The number of hydrogen-bond donors (Lipinski definition) is 2. The van der Waals surface area contributed by atoms with Gasteiger partial charge in [0.15, 0.2) is 0 Å². The molecule has 0 unspecified atom stereocenters. The van der Waals surface area contributed by atoms with Gasteiger partial charge < -0.3 is 16.0 Å². The average molecular weight is 229 g/mol. The van der Waals surface area contributed by atoms with Crippen molar-refractivity contribution in [2.45, 2.75) is 6.92 Å². The van der Waals surface area contributed by atoms with Crippen molar-refractivity contribution in [2.24, 2.45) is 5.73 Å². The molecule has 1 aliphatic heterocycles. The molecule has 0 aromatic heterocycles. The summed E-state index contributed by atoms with van der Waals surface area (Å²) in [4.78, 5) is 13.1. The summed E-state index contributed by atoms with van der Waals surface area (Å²) >= 11 is 9.55. The van der Waals surface area contributed by atoms with Gasteiger partial charge >= 0.3 is 0 Å².